The second-order valence-corrected chi connectivity index (χ2v) is 16.9. The number of nitrogens with two attached hydrogens (primary N) is 1. The molecule has 17 heteroatoms. The summed E-state index contributed by atoms with van der Waals surface area (Å²) < 4.78 is 12.3. The Morgan fingerprint density at radius 1 is 0.691 bits per heavy atom. The highest BCUT2D eigenvalue weighted by molar-refractivity contribution is 7.80. The van der Waals surface area contributed by atoms with Crippen LogP contribution in [0, 0.1) is 0 Å². The van der Waals surface area contributed by atoms with Gasteiger partial charge in [-0.3, -0.25) is 34.5 Å². The van der Waals surface area contributed by atoms with Crippen LogP contribution in [0.4, 0.5) is 5.69 Å². The maximum Gasteiger partial charge on any atom is 0.340 e. The Balaban J connectivity index is 0.854. The van der Waals surface area contributed by atoms with E-state index in [1.54, 1.807) is 66.0 Å². The van der Waals surface area contributed by atoms with Crippen LogP contribution in [-0.4, -0.2) is 94.3 Å². The van der Waals surface area contributed by atoms with Gasteiger partial charge >= 0.3 is 5.97 Å². The Hall–Kier alpha value is -7.83. The van der Waals surface area contributed by atoms with Gasteiger partial charge in [0.05, 0.1) is 40.0 Å². The number of carbonyl (C=O) groups is 2. The summed E-state index contributed by atoms with van der Waals surface area (Å²) in [7, 11) is 0. The molecule has 1 amide bonds. The lowest BCUT2D eigenvalue weighted by molar-refractivity contribution is 0.0224. The van der Waals surface area contributed by atoms with Crippen LogP contribution in [0.25, 0.3) is 0 Å². The fourth-order valence-electron chi connectivity index (χ4n) is 8.68. The minimum Gasteiger partial charge on any atom is -0.508 e. The van der Waals surface area contributed by atoms with Crippen LogP contribution in [0.3, 0.4) is 0 Å². The molecule has 1 spiro atoms. The fraction of sp³-hybridized carbons (Fsp3) is 0.196. The molecule has 6 heterocycles. The number of esters is 1. The summed E-state index contributed by atoms with van der Waals surface area (Å²) in [6.45, 7) is 2.91. The minimum absolute atomic E-state index is 0.0218. The normalized spacial score (nSPS) is 13.5. The van der Waals surface area contributed by atoms with Crippen molar-refractivity contribution in [3.05, 3.63) is 197 Å². The molecule has 1 atom stereocenters. The third-order valence-corrected chi connectivity index (χ3v) is 11.9. The molecule has 9 rings (SSSR count). The molecule has 0 saturated carbocycles. The molecule has 2 aliphatic rings. The highest BCUT2D eigenvalue weighted by Crippen LogP contribution is 2.57. The number of amides is 1. The van der Waals surface area contributed by atoms with Crippen LogP contribution in [0.15, 0.2) is 146 Å². The lowest BCUT2D eigenvalue weighted by Gasteiger charge is -2.36. The number of phenolic OH excluding ortho intramolecular Hbond substituents is 2. The molecule has 0 saturated heterocycles. The molecule has 2 aliphatic heterocycles. The van der Waals surface area contributed by atoms with Crippen LogP contribution in [0.5, 0.6) is 23.0 Å². The average Bonchev–Trinajstić information content (AvgIpc) is 3.62. The van der Waals surface area contributed by atoms with E-state index in [1.807, 2.05) is 54.6 Å². The van der Waals surface area contributed by atoms with Gasteiger partial charge < -0.3 is 40.7 Å². The molecule has 6 N–H and O–H groups in total. The zero-order valence-corrected chi connectivity index (χ0v) is 37.5. The first-order chi connectivity index (χ1) is 33.0. The monoisotopic (exact) mass is 929 g/mol. The van der Waals surface area contributed by atoms with Crippen LogP contribution < -0.4 is 20.7 Å². The number of phenols is 2. The predicted octanol–water partition coefficient (Wildman–Crippen LogP) is 5.79. The number of benzene rings is 3. The average molecular weight is 930 g/mol. The number of aliphatic hydroxyl groups is 1. The molecule has 68 heavy (non-hydrogen) atoms. The summed E-state index contributed by atoms with van der Waals surface area (Å²) in [6, 6.07) is 35.1. The van der Waals surface area contributed by atoms with Gasteiger partial charge in [0.15, 0.2) is 10.7 Å². The summed E-state index contributed by atoms with van der Waals surface area (Å²) >= 11 is 5.44. The molecule has 0 radical (unpaired) electrons. The quantitative estimate of drug-likeness (QED) is 0.0540. The number of hydrogen-bond donors (Lipinski definition) is 5. The van der Waals surface area contributed by atoms with E-state index in [1.165, 1.54) is 30.5 Å². The van der Waals surface area contributed by atoms with Crippen molar-refractivity contribution in [1.82, 2.24) is 35.1 Å². The van der Waals surface area contributed by atoms with Gasteiger partial charge in [0, 0.05) is 112 Å². The first-order valence-electron chi connectivity index (χ1n) is 21.9. The summed E-state index contributed by atoms with van der Waals surface area (Å²) in [5.41, 5.74) is 10.7. The van der Waals surface area contributed by atoms with Gasteiger partial charge in [0.25, 0.3) is 5.91 Å². The van der Waals surface area contributed by atoms with E-state index in [2.05, 4.69) is 35.1 Å². The topological polar surface area (TPSA) is 213 Å². The van der Waals surface area contributed by atoms with Gasteiger partial charge in [-0.15, -0.1) is 0 Å². The third kappa shape index (κ3) is 9.96. The maximum atomic E-state index is 13.7. The van der Waals surface area contributed by atoms with Crippen molar-refractivity contribution in [1.29, 1.82) is 0 Å². The standard InChI is InChI=1S/C51H47N9O7S/c52-50(68)60(38-12-15-43-42(23-38)49(65)67-51(43)44-16-13-39(61)24-46(44)66-47-25-40(62)14-17-45(47)51)22-21-56-48(64)33-10-11-37(57-26-33)30-59(29-36-9-3-6-20-55-36)32-41(63)31-58(27-34-7-1-4-18-53-34)28-35-8-2-5-19-54-35/h1-20,23-26,41,61-63H,21-22,27-32H2,(H2,52,68)(H,56,64). The van der Waals surface area contributed by atoms with Gasteiger partial charge in [-0.05, 0) is 97.1 Å². The Kier molecular flexibility index (Phi) is 13.3. The van der Waals surface area contributed by atoms with E-state index in [4.69, 9.17) is 27.4 Å². The van der Waals surface area contributed by atoms with Crippen molar-refractivity contribution in [3.8, 4) is 23.0 Å². The number of aromatic hydroxyl groups is 2. The number of aromatic nitrogens is 4. The van der Waals surface area contributed by atoms with Crippen LogP contribution in [-0.2, 0) is 36.5 Å². The maximum absolute atomic E-state index is 13.7. The van der Waals surface area contributed by atoms with E-state index >= 15 is 0 Å². The van der Waals surface area contributed by atoms with E-state index in [9.17, 15) is 24.9 Å². The van der Waals surface area contributed by atoms with Crippen LogP contribution >= 0.6 is 12.2 Å². The highest BCUT2D eigenvalue weighted by Gasteiger charge is 2.54. The van der Waals surface area contributed by atoms with Crippen molar-refractivity contribution >= 4 is 34.9 Å². The second kappa shape index (κ2) is 20.0. The molecule has 0 bridgehead atoms. The molecule has 16 nitrogen and oxygen atoms in total. The Morgan fingerprint density at radius 3 is 1.71 bits per heavy atom. The number of rotatable bonds is 17. The summed E-state index contributed by atoms with van der Waals surface area (Å²) in [5.74, 6) is -0.521. The number of nitrogens with one attached hydrogen (secondary N) is 1. The summed E-state index contributed by atoms with van der Waals surface area (Å²) in [5, 5.41) is 35.0. The largest absolute Gasteiger partial charge is 0.508 e. The molecular weight excluding hydrogens is 883 g/mol. The number of carbonyl (C=O) groups excluding carboxylic acids is 2. The van der Waals surface area contributed by atoms with Gasteiger partial charge in [-0.25, -0.2) is 4.79 Å². The molecular formula is C51H47N9O7S. The minimum atomic E-state index is -1.43. The number of ether oxygens (including phenoxy) is 2. The SMILES string of the molecule is NC(=S)N(CCNC(=O)c1ccc(CN(Cc2ccccn2)CC(O)CN(Cc2ccccn2)Cc2ccccn2)nc1)c1ccc2c(c1)C(=O)OC21c2ccc(O)cc2Oc2cc(O)ccc21. The Morgan fingerprint density at radius 2 is 1.22 bits per heavy atom. The van der Waals surface area contributed by atoms with E-state index in [0.29, 0.717) is 72.9 Å². The number of anilines is 1. The van der Waals surface area contributed by atoms with Crippen molar-refractivity contribution in [2.75, 3.05) is 31.1 Å². The number of nitrogens with zero attached hydrogens (tertiary/aromatic N) is 7. The molecule has 0 fully saturated rings. The second-order valence-electron chi connectivity index (χ2n) is 16.5. The van der Waals surface area contributed by atoms with Gasteiger partial charge in [-0.2, -0.15) is 0 Å². The lowest BCUT2D eigenvalue weighted by atomic mass is 9.77. The smallest absolute Gasteiger partial charge is 0.340 e. The number of thiocarbonyl (C=S) groups is 1. The van der Waals surface area contributed by atoms with Crippen LogP contribution in [0.2, 0.25) is 0 Å². The lowest BCUT2D eigenvalue weighted by Crippen LogP contribution is -2.41. The Bertz CT molecular complexity index is 2840. The number of fused-ring (bicyclic) bond motifs is 6. The van der Waals surface area contributed by atoms with E-state index in [0.717, 1.165) is 17.1 Å². The summed E-state index contributed by atoms with van der Waals surface area (Å²) in [6.07, 6.45) is 6.03. The molecule has 7 aromatic rings. The van der Waals surface area contributed by atoms with Gasteiger partial charge in [0.2, 0.25) is 0 Å². The van der Waals surface area contributed by atoms with Crippen molar-refractivity contribution < 1.29 is 34.4 Å². The highest BCUT2D eigenvalue weighted by atomic mass is 32.1. The predicted molar refractivity (Wildman–Crippen MR) is 256 cm³/mol. The van der Waals surface area contributed by atoms with Crippen LogP contribution in [0.1, 0.15) is 60.2 Å². The number of aliphatic hydroxyl groups excluding tert-OH is 1. The van der Waals surface area contributed by atoms with Crippen molar-refractivity contribution in [2.24, 2.45) is 5.73 Å². The van der Waals surface area contributed by atoms with Gasteiger partial charge in [-0.1, -0.05) is 24.3 Å². The number of hydrogen-bond acceptors (Lipinski definition) is 14. The Labute approximate surface area is 397 Å². The molecule has 344 valence electrons. The molecule has 4 aromatic heterocycles. The molecule has 0 aliphatic carbocycles. The summed E-state index contributed by atoms with van der Waals surface area (Å²) in [4.78, 5) is 51.1. The van der Waals surface area contributed by atoms with E-state index in [-0.39, 0.29) is 52.7 Å². The molecule has 1 unspecified atom stereocenters. The fourth-order valence-corrected chi connectivity index (χ4v) is 8.88. The third-order valence-electron chi connectivity index (χ3n) is 11.7. The van der Waals surface area contributed by atoms with E-state index < -0.39 is 17.7 Å². The number of pyridine rings is 4. The first-order valence-corrected chi connectivity index (χ1v) is 22.3. The molecule has 3 aromatic carbocycles. The zero-order chi connectivity index (χ0) is 47.2. The first kappa shape index (κ1) is 45.3. The zero-order valence-electron chi connectivity index (χ0n) is 36.7. The van der Waals surface area contributed by atoms with Crippen molar-refractivity contribution in [3.63, 3.8) is 0 Å². The van der Waals surface area contributed by atoms with Crippen molar-refractivity contribution in [2.45, 2.75) is 37.9 Å². The van der Waals surface area contributed by atoms with Gasteiger partial charge in [0.1, 0.15) is 23.0 Å².